The van der Waals surface area contributed by atoms with Crippen molar-refractivity contribution in [3.05, 3.63) is 28.8 Å². The lowest BCUT2D eigenvalue weighted by Crippen LogP contribution is -2.17. The molecule has 2 unspecified atom stereocenters. The minimum atomic E-state index is 0.658. The Morgan fingerprint density at radius 3 is 2.87 bits per heavy atom. The molecule has 3 heteroatoms. The molecule has 1 aromatic carbocycles. The number of hydrogen-bond donors (Lipinski definition) is 1. The van der Waals surface area contributed by atoms with Crippen molar-refractivity contribution in [1.29, 1.82) is 0 Å². The summed E-state index contributed by atoms with van der Waals surface area (Å²) in [5.41, 5.74) is 1.06. The summed E-state index contributed by atoms with van der Waals surface area (Å²) in [5.74, 6) is 1.67. The Balaban J connectivity index is 2.05. The SMILES string of the molecule is COc1cccc(Cl)c1CNC1CC1C. The molecule has 1 N–H and O–H groups in total. The van der Waals surface area contributed by atoms with Gasteiger partial charge < -0.3 is 10.1 Å². The Hall–Kier alpha value is -0.730. The quantitative estimate of drug-likeness (QED) is 0.851. The van der Waals surface area contributed by atoms with Gasteiger partial charge in [0, 0.05) is 23.2 Å². The molecule has 2 rings (SSSR count). The topological polar surface area (TPSA) is 21.3 Å². The highest BCUT2D eigenvalue weighted by Crippen LogP contribution is 2.31. The van der Waals surface area contributed by atoms with E-state index in [-0.39, 0.29) is 0 Å². The van der Waals surface area contributed by atoms with Crippen LogP contribution in [-0.2, 0) is 6.54 Å². The van der Waals surface area contributed by atoms with E-state index < -0.39 is 0 Å². The maximum Gasteiger partial charge on any atom is 0.124 e. The minimum Gasteiger partial charge on any atom is -0.496 e. The molecule has 0 heterocycles. The summed E-state index contributed by atoms with van der Waals surface area (Å²) in [6, 6.07) is 6.41. The Bertz CT molecular complexity index is 353. The lowest BCUT2D eigenvalue weighted by atomic mass is 10.2. The maximum atomic E-state index is 6.13. The van der Waals surface area contributed by atoms with Crippen LogP contribution in [0.1, 0.15) is 18.9 Å². The van der Waals surface area contributed by atoms with Crippen LogP contribution < -0.4 is 10.1 Å². The first kappa shape index (κ1) is 10.8. The number of ether oxygens (including phenoxy) is 1. The van der Waals surface area contributed by atoms with Gasteiger partial charge in [-0.1, -0.05) is 24.6 Å². The molecular formula is C12H16ClNO. The first-order valence-corrected chi connectivity index (χ1v) is 5.65. The molecule has 0 spiro atoms. The van der Waals surface area contributed by atoms with Crippen LogP contribution in [0.2, 0.25) is 5.02 Å². The van der Waals surface area contributed by atoms with Gasteiger partial charge in [0.15, 0.2) is 0 Å². The molecule has 0 aromatic heterocycles. The molecule has 0 amide bonds. The molecule has 2 nitrogen and oxygen atoms in total. The van der Waals surface area contributed by atoms with Gasteiger partial charge in [-0.15, -0.1) is 0 Å². The third-order valence-electron chi connectivity index (χ3n) is 2.95. The monoisotopic (exact) mass is 225 g/mol. The fourth-order valence-electron chi connectivity index (χ4n) is 1.74. The number of hydrogen-bond acceptors (Lipinski definition) is 2. The zero-order valence-electron chi connectivity index (χ0n) is 9.09. The fourth-order valence-corrected chi connectivity index (χ4v) is 1.97. The summed E-state index contributed by atoms with van der Waals surface area (Å²) in [7, 11) is 1.68. The second-order valence-corrected chi connectivity index (χ2v) is 4.53. The first-order chi connectivity index (χ1) is 7.22. The maximum absolute atomic E-state index is 6.13. The number of rotatable bonds is 4. The van der Waals surface area contributed by atoms with E-state index in [0.29, 0.717) is 6.04 Å². The molecule has 1 aliphatic carbocycles. The van der Waals surface area contributed by atoms with Gasteiger partial charge in [0.1, 0.15) is 5.75 Å². The van der Waals surface area contributed by atoms with Crippen LogP contribution in [0.4, 0.5) is 0 Å². The van der Waals surface area contributed by atoms with E-state index in [0.717, 1.165) is 28.8 Å². The van der Waals surface area contributed by atoms with Gasteiger partial charge in [-0.25, -0.2) is 0 Å². The van der Waals surface area contributed by atoms with Gasteiger partial charge >= 0.3 is 0 Å². The van der Waals surface area contributed by atoms with E-state index in [1.807, 2.05) is 18.2 Å². The predicted octanol–water partition coefficient (Wildman–Crippen LogP) is 2.85. The highest BCUT2D eigenvalue weighted by atomic mass is 35.5. The molecule has 0 saturated heterocycles. The van der Waals surface area contributed by atoms with E-state index in [2.05, 4.69) is 12.2 Å². The Morgan fingerprint density at radius 1 is 1.53 bits per heavy atom. The van der Waals surface area contributed by atoms with E-state index in [9.17, 15) is 0 Å². The molecule has 0 radical (unpaired) electrons. The third kappa shape index (κ3) is 2.44. The largest absolute Gasteiger partial charge is 0.496 e. The summed E-state index contributed by atoms with van der Waals surface area (Å²) < 4.78 is 5.28. The molecule has 0 bridgehead atoms. The third-order valence-corrected chi connectivity index (χ3v) is 3.30. The number of benzene rings is 1. The van der Waals surface area contributed by atoms with Crippen LogP contribution >= 0.6 is 11.6 Å². The fraction of sp³-hybridized carbons (Fsp3) is 0.500. The number of nitrogens with one attached hydrogen (secondary N) is 1. The Labute approximate surface area is 95.6 Å². The van der Waals surface area contributed by atoms with Crippen molar-refractivity contribution < 1.29 is 4.74 Å². The van der Waals surface area contributed by atoms with Crippen LogP contribution in [0.3, 0.4) is 0 Å². The first-order valence-electron chi connectivity index (χ1n) is 5.27. The van der Waals surface area contributed by atoms with Crippen molar-refractivity contribution in [2.24, 2.45) is 5.92 Å². The van der Waals surface area contributed by atoms with Crippen molar-refractivity contribution in [2.45, 2.75) is 25.9 Å². The molecule has 1 fully saturated rings. The van der Waals surface area contributed by atoms with Gasteiger partial charge in [-0.2, -0.15) is 0 Å². The normalized spacial score (nSPS) is 23.9. The molecule has 1 saturated carbocycles. The van der Waals surface area contributed by atoms with Crippen molar-refractivity contribution >= 4 is 11.6 Å². The lowest BCUT2D eigenvalue weighted by molar-refractivity contribution is 0.407. The predicted molar refractivity (Wildman–Crippen MR) is 62.4 cm³/mol. The Kier molecular flexibility index (Phi) is 3.17. The average Bonchev–Trinajstić information content (AvgIpc) is 2.92. The van der Waals surface area contributed by atoms with Gasteiger partial charge in [0.05, 0.1) is 7.11 Å². The van der Waals surface area contributed by atoms with Gasteiger partial charge in [0.25, 0.3) is 0 Å². The molecular weight excluding hydrogens is 210 g/mol. The molecule has 0 aliphatic heterocycles. The second-order valence-electron chi connectivity index (χ2n) is 4.12. The summed E-state index contributed by atoms with van der Waals surface area (Å²) in [6.45, 7) is 3.04. The molecule has 82 valence electrons. The van der Waals surface area contributed by atoms with Crippen LogP contribution in [0.25, 0.3) is 0 Å². The van der Waals surface area contributed by atoms with E-state index in [1.54, 1.807) is 7.11 Å². The van der Waals surface area contributed by atoms with Crippen molar-refractivity contribution in [1.82, 2.24) is 5.32 Å². The highest BCUT2D eigenvalue weighted by Gasteiger charge is 2.31. The molecule has 1 aromatic rings. The van der Waals surface area contributed by atoms with Crippen molar-refractivity contribution in [3.63, 3.8) is 0 Å². The summed E-state index contributed by atoms with van der Waals surface area (Å²) >= 11 is 6.13. The van der Waals surface area contributed by atoms with E-state index in [4.69, 9.17) is 16.3 Å². The van der Waals surface area contributed by atoms with Crippen LogP contribution in [0.5, 0.6) is 5.75 Å². The van der Waals surface area contributed by atoms with Crippen LogP contribution in [0.15, 0.2) is 18.2 Å². The van der Waals surface area contributed by atoms with Crippen molar-refractivity contribution in [2.75, 3.05) is 7.11 Å². The standard InChI is InChI=1S/C12H16ClNO/c1-8-6-11(8)14-7-9-10(13)4-3-5-12(9)15-2/h3-5,8,11,14H,6-7H2,1-2H3. The summed E-state index contributed by atoms with van der Waals surface area (Å²) in [5, 5.41) is 4.25. The van der Waals surface area contributed by atoms with Gasteiger partial charge in [0.2, 0.25) is 0 Å². The summed E-state index contributed by atoms with van der Waals surface area (Å²) in [4.78, 5) is 0. The highest BCUT2D eigenvalue weighted by molar-refractivity contribution is 6.31. The molecule has 15 heavy (non-hydrogen) atoms. The van der Waals surface area contributed by atoms with Crippen LogP contribution in [0, 0.1) is 5.92 Å². The number of methoxy groups -OCH3 is 1. The zero-order chi connectivity index (χ0) is 10.8. The zero-order valence-corrected chi connectivity index (χ0v) is 9.84. The van der Waals surface area contributed by atoms with Crippen molar-refractivity contribution in [3.8, 4) is 5.75 Å². The number of halogens is 1. The Morgan fingerprint density at radius 2 is 2.27 bits per heavy atom. The second kappa shape index (κ2) is 4.42. The minimum absolute atomic E-state index is 0.658. The van der Waals surface area contributed by atoms with Gasteiger partial charge in [-0.3, -0.25) is 0 Å². The lowest BCUT2D eigenvalue weighted by Gasteiger charge is -2.10. The van der Waals surface area contributed by atoms with Gasteiger partial charge in [-0.05, 0) is 24.5 Å². The summed E-state index contributed by atoms with van der Waals surface area (Å²) in [6.07, 6.45) is 1.27. The smallest absolute Gasteiger partial charge is 0.124 e. The van der Waals surface area contributed by atoms with Crippen LogP contribution in [-0.4, -0.2) is 13.2 Å². The van der Waals surface area contributed by atoms with E-state index >= 15 is 0 Å². The molecule has 2 atom stereocenters. The molecule has 1 aliphatic rings. The van der Waals surface area contributed by atoms with E-state index in [1.165, 1.54) is 6.42 Å². The average molecular weight is 226 g/mol.